The van der Waals surface area contributed by atoms with Crippen LogP contribution in [0.5, 0.6) is 5.88 Å². The maximum atomic E-state index is 13.5. The van der Waals surface area contributed by atoms with Crippen LogP contribution in [-0.2, 0) is 19.4 Å². The molecule has 0 saturated heterocycles. The van der Waals surface area contributed by atoms with Gasteiger partial charge >= 0.3 is 0 Å². The van der Waals surface area contributed by atoms with Gasteiger partial charge in [-0.2, -0.15) is 0 Å². The Morgan fingerprint density at radius 3 is 2.37 bits per heavy atom. The molecule has 0 aliphatic rings. The van der Waals surface area contributed by atoms with Crippen molar-refractivity contribution < 1.29 is 19.0 Å². The largest absolute Gasteiger partial charge is 0.493 e. The average molecular weight is 406 g/mol. The number of para-hydroxylation sites is 2. The van der Waals surface area contributed by atoms with Crippen molar-refractivity contribution >= 4 is 11.1 Å². The fraction of sp³-hybridized carbons (Fsp3) is 0.250. The van der Waals surface area contributed by atoms with E-state index in [1.54, 1.807) is 12.1 Å². The Kier molecular flexibility index (Phi) is 5.50. The number of aliphatic hydroxyl groups is 1. The number of hydrogen-bond donors (Lipinski definition) is 2. The zero-order chi connectivity index (χ0) is 21.3. The van der Waals surface area contributed by atoms with Gasteiger partial charge in [0.15, 0.2) is 11.5 Å². The van der Waals surface area contributed by atoms with E-state index in [2.05, 4.69) is 9.97 Å². The molecule has 2 aromatic carbocycles. The maximum absolute atomic E-state index is 13.5. The first-order valence-corrected chi connectivity index (χ1v) is 9.93. The molecule has 0 amide bonds. The summed E-state index contributed by atoms with van der Waals surface area (Å²) >= 11 is 0. The molecule has 0 unspecified atom stereocenters. The Balaban J connectivity index is 1.79. The smallest absolute Gasteiger partial charge is 0.214 e. The van der Waals surface area contributed by atoms with Crippen molar-refractivity contribution in [3.05, 3.63) is 77.1 Å². The number of pyridine rings is 1. The van der Waals surface area contributed by atoms with Crippen LogP contribution in [0.4, 0.5) is 4.39 Å². The molecular formula is C24H23FN2O3. The molecule has 30 heavy (non-hydrogen) atoms. The summed E-state index contributed by atoms with van der Waals surface area (Å²) in [6.45, 7) is 3.67. The molecule has 2 N–H and O–H groups in total. The van der Waals surface area contributed by atoms with Gasteiger partial charge in [0.25, 0.3) is 0 Å². The second-order valence-electron chi connectivity index (χ2n) is 7.55. The molecule has 4 rings (SSSR count). The Morgan fingerprint density at radius 2 is 1.70 bits per heavy atom. The van der Waals surface area contributed by atoms with E-state index in [-0.39, 0.29) is 24.2 Å². The summed E-state index contributed by atoms with van der Waals surface area (Å²) in [7, 11) is 0. The minimum atomic E-state index is -0.348. The highest BCUT2D eigenvalue weighted by molar-refractivity contribution is 5.74. The predicted octanol–water partition coefficient (Wildman–Crippen LogP) is 5.14. The SMILES string of the molecule is CC(C)c1nc(O)c(CCc2nc3ccccc3o2)c(-c2ccc(F)cc2)c1CO. The third-order valence-corrected chi connectivity index (χ3v) is 5.17. The predicted molar refractivity (Wildman–Crippen MR) is 113 cm³/mol. The number of oxazole rings is 1. The number of fused-ring (bicyclic) bond motifs is 1. The fourth-order valence-electron chi connectivity index (χ4n) is 3.77. The molecule has 0 atom stereocenters. The third kappa shape index (κ3) is 3.78. The van der Waals surface area contributed by atoms with Crippen molar-refractivity contribution in [2.24, 2.45) is 0 Å². The van der Waals surface area contributed by atoms with Gasteiger partial charge in [-0.1, -0.05) is 38.1 Å². The Labute approximate surface area is 173 Å². The minimum absolute atomic E-state index is 0.00309. The third-order valence-electron chi connectivity index (χ3n) is 5.17. The van der Waals surface area contributed by atoms with E-state index < -0.39 is 0 Å². The maximum Gasteiger partial charge on any atom is 0.214 e. The zero-order valence-electron chi connectivity index (χ0n) is 16.9. The summed E-state index contributed by atoms with van der Waals surface area (Å²) in [6, 6.07) is 13.6. The number of aromatic hydroxyl groups is 1. The highest BCUT2D eigenvalue weighted by atomic mass is 19.1. The lowest BCUT2D eigenvalue weighted by molar-refractivity contribution is 0.279. The summed E-state index contributed by atoms with van der Waals surface area (Å²) in [4.78, 5) is 8.86. The average Bonchev–Trinajstić information content (AvgIpc) is 3.15. The molecule has 6 heteroatoms. The second-order valence-corrected chi connectivity index (χ2v) is 7.55. The molecule has 0 fully saturated rings. The first-order valence-electron chi connectivity index (χ1n) is 9.93. The molecule has 0 saturated carbocycles. The Morgan fingerprint density at radius 1 is 0.967 bits per heavy atom. The Hall–Kier alpha value is -3.25. The van der Waals surface area contributed by atoms with Crippen LogP contribution >= 0.6 is 0 Å². The Bertz CT molecular complexity index is 1150. The van der Waals surface area contributed by atoms with Crippen molar-refractivity contribution in [2.45, 2.75) is 39.2 Å². The molecule has 2 heterocycles. The topological polar surface area (TPSA) is 79.4 Å². The standard InChI is InChI=1S/C24H23FN2O3/c1-14(2)23-18(13-28)22(15-7-9-16(25)10-8-15)17(24(29)27-23)11-12-21-26-19-5-3-4-6-20(19)30-21/h3-10,14,28H,11-13H2,1-2H3,(H,27,29). The molecule has 0 aliphatic heterocycles. The number of nitrogens with zero attached hydrogens (tertiary/aromatic N) is 2. The van der Waals surface area contributed by atoms with E-state index in [1.165, 1.54) is 12.1 Å². The van der Waals surface area contributed by atoms with Crippen LogP contribution in [0.15, 0.2) is 52.9 Å². The van der Waals surface area contributed by atoms with Crippen molar-refractivity contribution in [1.29, 1.82) is 0 Å². The lowest BCUT2D eigenvalue weighted by Crippen LogP contribution is -2.08. The number of aromatic nitrogens is 2. The minimum Gasteiger partial charge on any atom is -0.493 e. The zero-order valence-corrected chi connectivity index (χ0v) is 16.9. The first kappa shape index (κ1) is 20.0. The number of rotatable bonds is 6. The summed E-state index contributed by atoms with van der Waals surface area (Å²) in [5, 5.41) is 20.9. The van der Waals surface area contributed by atoms with Gasteiger partial charge in [0.2, 0.25) is 5.88 Å². The van der Waals surface area contributed by atoms with Gasteiger partial charge in [-0.15, -0.1) is 0 Å². The second kappa shape index (κ2) is 8.24. The van der Waals surface area contributed by atoms with Gasteiger partial charge in [-0.25, -0.2) is 14.4 Å². The van der Waals surface area contributed by atoms with Crippen LogP contribution in [0.1, 0.15) is 42.5 Å². The van der Waals surface area contributed by atoms with E-state index in [4.69, 9.17) is 4.42 Å². The summed E-state index contributed by atoms with van der Waals surface area (Å²) in [5.41, 5.74) is 4.73. The molecule has 0 bridgehead atoms. The van der Waals surface area contributed by atoms with E-state index in [9.17, 15) is 14.6 Å². The van der Waals surface area contributed by atoms with Gasteiger partial charge in [0, 0.05) is 17.5 Å². The van der Waals surface area contributed by atoms with Crippen LogP contribution in [0.25, 0.3) is 22.2 Å². The summed E-state index contributed by atoms with van der Waals surface area (Å²) in [5.74, 6) is 0.119. The number of aryl methyl sites for hydroxylation is 1. The van der Waals surface area contributed by atoms with Crippen molar-refractivity contribution in [3.63, 3.8) is 0 Å². The van der Waals surface area contributed by atoms with Gasteiger partial charge in [0.05, 0.1) is 12.3 Å². The highest BCUT2D eigenvalue weighted by Crippen LogP contribution is 2.37. The van der Waals surface area contributed by atoms with Gasteiger partial charge in [0.1, 0.15) is 11.3 Å². The van der Waals surface area contributed by atoms with E-state index in [0.29, 0.717) is 52.3 Å². The molecule has 0 aliphatic carbocycles. The molecule has 0 radical (unpaired) electrons. The van der Waals surface area contributed by atoms with Crippen LogP contribution in [0.2, 0.25) is 0 Å². The van der Waals surface area contributed by atoms with Gasteiger partial charge in [-0.05, 0) is 47.7 Å². The summed E-state index contributed by atoms with van der Waals surface area (Å²) < 4.78 is 19.3. The van der Waals surface area contributed by atoms with Crippen LogP contribution in [-0.4, -0.2) is 20.2 Å². The van der Waals surface area contributed by atoms with Crippen LogP contribution < -0.4 is 0 Å². The lowest BCUT2D eigenvalue weighted by atomic mass is 9.89. The number of aliphatic hydroxyl groups excluding tert-OH is 1. The van der Waals surface area contributed by atoms with E-state index in [0.717, 1.165) is 5.52 Å². The molecule has 154 valence electrons. The van der Waals surface area contributed by atoms with E-state index in [1.807, 2.05) is 38.1 Å². The lowest BCUT2D eigenvalue weighted by Gasteiger charge is -2.20. The van der Waals surface area contributed by atoms with Gasteiger partial charge in [-0.3, -0.25) is 0 Å². The summed E-state index contributed by atoms with van der Waals surface area (Å²) in [6.07, 6.45) is 0.855. The molecule has 2 aromatic heterocycles. The van der Waals surface area contributed by atoms with Crippen LogP contribution in [0, 0.1) is 5.82 Å². The van der Waals surface area contributed by atoms with Crippen molar-refractivity contribution in [2.75, 3.05) is 0 Å². The quantitative estimate of drug-likeness (QED) is 0.464. The van der Waals surface area contributed by atoms with E-state index >= 15 is 0 Å². The molecular weight excluding hydrogens is 383 g/mol. The highest BCUT2D eigenvalue weighted by Gasteiger charge is 2.22. The van der Waals surface area contributed by atoms with Crippen LogP contribution in [0.3, 0.4) is 0 Å². The first-order chi connectivity index (χ1) is 14.5. The number of hydrogen-bond acceptors (Lipinski definition) is 5. The normalized spacial score (nSPS) is 11.5. The monoisotopic (exact) mass is 406 g/mol. The van der Waals surface area contributed by atoms with Crippen molar-refractivity contribution in [1.82, 2.24) is 9.97 Å². The molecule has 4 aromatic rings. The van der Waals surface area contributed by atoms with Gasteiger partial charge < -0.3 is 14.6 Å². The number of benzene rings is 2. The molecule has 5 nitrogen and oxygen atoms in total. The molecule has 0 spiro atoms. The number of halogens is 1. The van der Waals surface area contributed by atoms with Crippen molar-refractivity contribution in [3.8, 4) is 17.0 Å². The fourth-order valence-corrected chi connectivity index (χ4v) is 3.77.